The lowest BCUT2D eigenvalue weighted by Gasteiger charge is -2.18. The maximum Gasteiger partial charge on any atom is 0.321 e. The first-order valence-corrected chi connectivity index (χ1v) is 9.70. The third kappa shape index (κ3) is 4.27. The Morgan fingerprint density at radius 3 is 2.77 bits per heavy atom. The minimum absolute atomic E-state index is 0.238. The second-order valence-electron chi connectivity index (χ2n) is 6.38. The summed E-state index contributed by atoms with van der Waals surface area (Å²) in [6.45, 7) is 1.91. The Morgan fingerprint density at radius 2 is 2.00 bits per heavy atom. The highest BCUT2D eigenvalue weighted by Crippen LogP contribution is 2.30. The van der Waals surface area contributed by atoms with E-state index in [-0.39, 0.29) is 12.1 Å². The van der Waals surface area contributed by atoms with Crippen LogP contribution in [0.15, 0.2) is 18.2 Å². The molecule has 0 bridgehead atoms. The molecule has 2 aromatic rings. The number of urea groups is 1. The molecule has 1 unspecified atom stereocenters. The van der Waals surface area contributed by atoms with E-state index in [9.17, 15) is 4.79 Å². The van der Waals surface area contributed by atoms with Crippen molar-refractivity contribution in [3.63, 3.8) is 0 Å². The number of carbonyl (C=O) groups is 1. The average Bonchev–Trinajstić information content (AvgIpc) is 2.88. The van der Waals surface area contributed by atoms with Crippen LogP contribution < -0.4 is 20.1 Å². The number of aryl methyl sites for hydroxylation is 2. The molecule has 1 aromatic heterocycles. The van der Waals surface area contributed by atoms with Crippen molar-refractivity contribution in [2.75, 3.05) is 19.5 Å². The summed E-state index contributed by atoms with van der Waals surface area (Å²) in [7, 11) is 3.23. The predicted octanol–water partition coefficient (Wildman–Crippen LogP) is 4.31. The molecule has 0 saturated carbocycles. The summed E-state index contributed by atoms with van der Waals surface area (Å²) in [5.74, 6) is 1.43. The van der Waals surface area contributed by atoms with Gasteiger partial charge in [-0.15, -0.1) is 11.3 Å². The van der Waals surface area contributed by atoms with E-state index < -0.39 is 0 Å². The Balaban J connectivity index is 1.66. The van der Waals surface area contributed by atoms with Gasteiger partial charge in [-0.1, -0.05) is 6.42 Å². The van der Waals surface area contributed by atoms with Crippen LogP contribution in [0, 0.1) is 0 Å². The first kappa shape index (κ1) is 18.5. The van der Waals surface area contributed by atoms with E-state index in [2.05, 4.69) is 15.6 Å². The Kier molecular flexibility index (Phi) is 5.98. The molecule has 6 nitrogen and oxygen atoms in total. The van der Waals surface area contributed by atoms with Crippen molar-refractivity contribution >= 4 is 22.5 Å². The molecule has 7 heteroatoms. The van der Waals surface area contributed by atoms with Crippen molar-refractivity contribution in [3.8, 4) is 11.5 Å². The molecular formula is C19H25N3O3S. The van der Waals surface area contributed by atoms with Gasteiger partial charge in [0.15, 0.2) is 5.13 Å². The molecule has 3 rings (SSSR count). The van der Waals surface area contributed by atoms with Gasteiger partial charge >= 0.3 is 6.03 Å². The number of ether oxygens (including phenoxy) is 2. The summed E-state index contributed by atoms with van der Waals surface area (Å²) in [5, 5.41) is 6.48. The summed E-state index contributed by atoms with van der Waals surface area (Å²) in [5.41, 5.74) is 2.00. The number of fused-ring (bicyclic) bond motifs is 1. The lowest BCUT2D eigenvalue weighted by Crippen LogP contribution is -2.31. The normalized spacial score (nSPS) is 14.7. The maximum absolute atomic E-state index is 12.4. The number of carbonyl (C=O) groups excluding carboxylic acids is 1. The number of aromatic nitrogens is 1. The maximum atomic E-state index is 12.4. The Bertz CT molecular complexity index is 752. The van der Waals surface area contributed by atoms with Crippen molar-refractivity contribution in [1.82, 2.24) is 10.3 Å². The van der Waals surface area contributed by atoms with Crippen LogP contribution in [0.1, 0.15) is 48.4 Å². The zero-order chi connectivity index (χ0) is 18.5. The van der Waals surface area contributed by atoms with Gasteiger partial charge in [-0.3, -0.25) is 5.32 Å². The molecule has 0 radical (unpaired) electrons. The van der Waals surface area contributed by atoms with Crippen molar-refractivity contribution in [1.29, 1.82) is 0 Å². The highest BCUT2D eigenvalue weighted by molar-refractivity contribution is 7.15. The number of methoxy groups -OCH3 is 2. The third-order valence-corrected chi connectivity index (χ3v) is 5.64. The molecule has 1 aliphatic rings. The van der Waals surface area contributed by atoms with Gasteiger partial charge in [-0.2, -0.15) is 0 Å². The van der Waals surface area contributed by atoms with E-state index in [1.165, 1.54) is 24.1 Å². The van der Waals surface area contributed by atoms with Gasteiger partial charge in [-0.05, 0) is 50.8 Å². The number of anilines is 1. The summed E-state index contributed by atoms with van der Waals surface area (Å²) < 4.78 is 10.7. The summed E-state index contributed by atoms with van der Waals surface area (Å²) >= 11 is 1.59. The van der Waals surface area contributed by atoms with Gasteiger partial charge in [0.25, 0.3) is 0 Å². The van der Waals surface area contributed by atoms with Crippen molar-refractivity contribution in [3.05, 3.63) is 34.3 Å². The second kappa shape index (κ2) is 8.40. The van der Waals surface area contributed by atoms with Gasteiger partial charge in [0.1, 0.15) is 11.5 Å². The van der Waals surface area contributed by atoms with Crippen LogP contribution in [0.4, 0.5) is 9.93 Å². The third-order valence-electron chi connectivity index (χ3n) is 4.57. The molecule has 1 atom stereocenters. The van der Waals surface area contributed by atoms with E-state index in [0.717, 1.165) is 29.8 Å². The summed E-state index contributed by atoms with van der Waals surface area (Å²) in [6, 6.07) is 5.03. The number of nitrogens with zero attached hydrogens (tertiary/aromatic N) is 1. The Morgan fingerprint density at radius 1 is 1.19 bits per heavy atom. The molecule has 1 heterocycles. The largest absolute Gasteiger partial charge is 0.497 e. The van der Waals surface area contributed by atoms with Crippen LogP contribution in [-0.2, 0) is 12.8 Å². The first-order valence-electron chi connectivity index (χ1n) is 8.88. The van der Waals surface area contributed by atoms with Crippen LogP contribution in [0.2, 0.25) is 0 Å². The average molecular weight is 375 g/mol. The summed E-state index contributed by atoms with van der Waals surface area (Å²) in [6.07, 6.45) is 5.70. The monoisotopic (exact) mass is 375 g/mol. The Hall–Kier alpha value is -2.28. The number of hydrogen-bond donors (Lipinski definition) is 2. The van der Waals surface area contributed by atoms with E-state index in [0.29, 0.717) is 10.9 Å². The number of hydrogen-bond acceptors (Lipinski definition) is 5. The van der Waals surface area contributed by atoms with Crippen molar-refractivity contribution in [2.45, 2.75) is 45.1 Å². The van der Waals surface area contributed by atoms with Crippen LogP contribution in [-0.4, -0.2) is 25.2 Å². The highest BCUT2D eigenvalue weighted by atomic mass is 32.1. The number of thiazole rings is 1. The molecule has 140 valence electrons. The van der Waals surface area contributed by atoms with Crippen LogP contribution in [0.3, 0.4) is 0 Å². The van der Waals surface area contributed by atoms with Gasteiger partial charge in [0, 0.05) is 10.4 Å². The number of nitrogens with one attached hydrogen (secondary N) is 2. The molecule has 2 N–H and O–H groups in total. The smallest absolute Gasteiger partial charge is 0.321 e. The lowest BCUT2D eigenvalue weighted by molar-refractivity contribution is 0.249. The SMILES string of the molecule is COc1ccc(OC)c(C(C)NC(=O)Nc2nc3c(s2)CCCCC3)c1. The van der Waals surface area contributed by atoms with Gasteiger partial charge in [0.05, 0.1) is 26.0 Å². The number of amides is 2. The van der Waals surface area contributed by atoms with Crippen LogP contribution >= 0.6 is 11.3 Å². The fraction of sp³-hybridized carbons (Fsp3) is 0.474. The molecule has 0 aliphatic heterocycles. The molecular weight excluding hydrogens is 350 g/mol. The van der Waals surface area contributed by atoms with E-state index in [1.54, 1.807) is 25.6 Å². The number of rotatable bonds is 5. The number of benzene rings is 1. The minimum Gasteiger partial charge on any atom is -0.497 e. The van der Waals surface area contributed by atoms with Gasteiger partial charge in [0.2, 0.25) is 0 Å². The molecule has 26 heavy (non-hydrogen) atoms. The fourth-order valence-corrected chi connectivity index (χ4v) is 4.21. The predicted molar refractivity (Wildman–Crippen MR) is 103 cm³/mol. The van der Waals surface area contributed by atoms with E-state index >= 15 is 0 Å². The summed E-state index contributed by atoms with van der Waals surface area (Å²) in [4.78, 5) is 18.3. The standard InChI is InChI=1S/C19H25N3O3S/c1-12(14-11-13(24-2)9-10-16(14)25-3)20-18(23)22-19-21-15-7-5-4-6-8-17(15)26-19/h9-12H,4-8H2,1-3H3,(H2,20,21,22,23). The zero-order valence-electron chi connectivity index (χ0n) is 15.4. The van der Waals surface area contributed by atoms with E-state index in [1.807, 2.05) is 25.1 Å². The zero-order valence-corrected chi connectivity index (χ0v) is 16.2. The van der Waals surface area contributed by atoms with Gasteiger partial charge in [-0.25, -0.2) is 9.78 Å². The molecule has 0 saturated heterocycles. The van der Waals surface area contributed by atoms with Crippen LogP contribution in [0.25, 0.3) is 0 Å². The first-order chi connectivity index (χ1) is 12.6. The molecule has 0 fully saturated rings. The van der Waals surface area contributed by atoms with Crippen LogP contribution in [0.5, 0.6) is 11.5 Å². The molecule has 1 aliphatic carbocycles. The van der Waals surface area contributed by atoms with E-state index in [4.69, 9.17) is 9.47 Å². The molecule has 1 aromatic carbocycles. The fourth-order valence-electron chi connectivity index (χ4n) is 3.17. The topological polar surface area (TPSA) is 72.5 Å². The quantitative estimate of drug-likeness (QED) is 0.764. The molecule has 2 amide bonds. The van der Waals surface area contributed by atoms with Gasteiger partial charge < -0.3 is 14.8 Å². The Labute approximate surface area is 157 Å². The lowest BCUT2D eigenvalue weighted by atomic mass is 10.1. The van der Waals surface area contributed by atoms with Crippen molar-refractivity contribution < 1.29 is 14.3 Å². The molecule has 0 spiro atoms. The second-order valence-corrected chi connectivity index (χ2v) is 7.46. The van der Waals surface area contributed by atoms with Crippen molar-refractivity contribution in [2.24, 2.45) is 0 Å². The highest BCUT2D eigenvalue weighted by Gasteiger charge is 2.18. The minimum atomic E-state index is -0.272.